The Labute approximate surface area is 118 Å². The van der Waals surface area contributed by atoms with Crippen molar-refractivity contribution in [2.75, 3.05) is 26.4 Å². The average molecular weight is 272 g/mol. The van der Waals surface area contributed by atoms with Crippen LogP contribution in [-0.2, 0) is 0 Å². The minimum absolute atomic E-state index is 0.121. The van der Waals surface area contributed by atoms with Crippen LogP contribution in [0.2, 0.25) is 0 Å². The van der Waals surface area contributed by atoms with Crippen LogP contribution in [0, 0.1) is 0 Å². The molecule has 106 valence electrons. The van der Waals surface area contributed by atoms with E-state index < -0.39 is 0 Å². The van der Waals surface area contributed by atoms with Crippen molar-refractivity contribution in [1.82, 2.24) is 15.2 Å². The summed E-state index contributed by atoms with van der Waals surface area (Å²) >= 11 is 0. The van der Waals surface area contributed by atoms with Crippen LogP contribution < -0.4 is 11.1 Å². The number of anilines is 1. The van der Waals surface area contributed by atoms with E-state index in [1.807, 2.05) is 38.4 Å². The molecule has 1 unspecified atom stereocenters. The fraction of sp³-hybridized carbons (Fsp3) is 0.333. The molecule has 1 amide bonds. The number of fused-ring (bicyclic) bond motifs is 1. The summed E-state index contributed by atoms with van der Waals surface area (Å²) in [6, 6.07) is 9.39. The lowest BCUT2D eigenvalue weighted by Gasteiger charge is -2.20. The van der Waals surface area contributed by atoms with Gasteiger partial charge in [0, 0.05) is 18.0 Å². The van der Waals surface area contributed by atoms with Crippen molar-refractivity contribution in [2.24, 2.45) is 0 Å². The Bertz CT molecular complexity index is 624. The Morgan fingerprint density at radius 1 is 1.40 bits per heavy atom. The summed E-state index contributed by atoms with van der Waals surface area (Å²) in [7, 11) is 3.97. The van der Waals surface area contributed by atoms with Crippen molar-refractivity contribution >= 4 is 22.6 Å². The van der Waals surface area contributed by atoms with Crippen molar-refractivity contribution in [3.63, 3.8) is 0 Å². The molecule has 2 aromatic rings. The molecule has 0 aliphatic carbocycles. The number of aromatic nitrogens is 1. The number of amides is 1. The van der Waals surface area contributed by atoms with E-state index in [-0.39, 0.29) is 11.9 Å². The molecule has 0 saturated heterocycles. The summed E-state index contributed by atoms with van der Waals surface area (Å²) in [5, 5.41) is 3.75. The molecule has 0 spiro atoms. The third-order valence-electron chi connectivity index (χ3n) is 3.42. The monoisotopic (exact) mass is 272 g/mol. The Kier molecular flexibility index (Phi) is 4.20. The first-order valence-corrected chi connectivity index (χ1v) is 6.59. The fourth-order valence-electron chi connectivity index (χ4n) is 1.90. The van der Waals surface area contributed by atoms with Gasteiger partial charge in [-0.05, 0) is 33.2 Å². The van der Waals surface area contributed by atoms with Crippen molar-refractivity contribution in [2.45, 2.75) is 13.0 Å². The molecule has 0 bridgehead atoms. The number of nitrogens with two attached hydrogens (primary N) is 1. The standard InChI is InChI=1S/C15H20N4O/c1-10(19(2)3)9-17-15(20)12-8-14(16)18-13-7-5-4-6-11(12)13/h4-8,10H,9H2,1-3H3,(H2,16,18)(H,17,20). The molecule has 0 saturated carbocycles. The second-order valence-electron chi connectivity index (χ2n) is 5.13. The van der Waals surface area contributed by atoms with Gasteiger partial charge in [-0.25, -0.2) is 4.98 Å². The van der Waals surface area contributed by atoms with E-state index in [1.165, 1.54) is 0 Å². The normalized spacial score (nSPS) is 12.6. The average Bonchev–Trinajstić information content (AvgIpc) is 2.43. The molecule has 1 aromatic carbocycles. The highest BCUT2D eigenvalue weighted by Crippen LogP contribution is 2.19. The minimum atomic E-state index is -0.121. The number of para-hydroxylation sites is 1. The van der Waals surface area contributed by atoms with Gasteiger partial charge in [0.05, 0.1) is 11.1 Å². The van der Waals surface area contributed by atoms with Gasteiger partial charge >= 0.3 is 0 Å². The number of nitrogens with one attached hydrogen (secondary N) is 1. The summed E-state index contributed by atoms with van der Waals surface area (Å²) in [5.41, 5.74) is 7.07. The van der Waals surface area contributed by atoms with E-state index in [0.29, 0.717) is 17.9 Å². The molecule has 1 atom stereocenters. The number of likely N-dealkylation sites (N-methyl/N-ethyl adjacent to an activating group) is 1. The number of pyridine rings is 1. The van der Waals surface area contributed by atoms with E-state index in [9.17, 15) is 4.79 Å². The van der Waals surface area contributed by atoms with Crippen LogP contribution >= 0.6 is 0 Å². The van der Waals surface area contributed by atoms with Gasteiger partial charge < -0.3 is 16.0 Å². The minimum Gasteiger partial charge on any atom is -0.384 e. The predicted octanol–water partition coefficient (Wildman–Crippen LogP) is 1.50. The highest BCUT2D eigenvalue weighted by molar-refractivity contribution is 6.06. The molecule has 0 radical (unpaired) electrons. The molecule has 0 aliphatic heterocycles. The number of rotatable bonds is 4. The number of benzene rings is 1. The number of nitrogens with zero attached hydrogens (tertiary/aromatic N) is 2. The first-order valence-electron chi connectivity index (χ1n) is 6.59. The molecule has 5 nitrogen and oxygen atoms in total. The summed E-state index contributed by atoms with van der Waals surface area (Å²) < 4.78 is 0. The number of carbonyl (C=O) groups is 1. The van der Waals surface area contributed by atoms with Gasteiger partial charge in [-0.2, -0.15) is 0 Å². The summed E-state index contributed by atoms with van der Waals surface area (Å²) in [4.78, 5) is 18.6. The molecule has 20 heavy (non-hydrogen) atoms. The van der Waals surface area contributed by atoms with Gasteiger partial charge in [0.25, 0.3) is 5.91 Å². The molecule has 5 heteroatoms. The van der Waals surface area contributed by atoms with Crippen LogP contribution in [0.4, 0.5) is 5.82 Å². The zero-order valence-electron chi connectivity index (χ0n) is 12.1. The maximum atomic E-state index is 12.3. The second-order valence-corrected chi connectivity index (χ2v) is 5.13. The van der Waals surface area contributed by atoms with Gasteiger partial charge in [0.2, 0.25) is 0 Å². The first-order chi connectivity index (χ1) is 9.49. The highest BCUT2D eigenvalue weighted by Gasteiger charge is 2.13. The summed E-state index contributed by atoms with van der Waals surface area (Å²) in [6.07, 6.45) is 0. The lowest BCUT2D eigenvalue weighted by atomic mass is 10.1. The van der Waals surface area contributed by atoms with Crippen molar-refractivity contribution in [1.29, 1.82) is 0 Å². The summed E-state index contributed by atoms with van der Waals surface area (Å²) in [5.74, 6) is 0.235. The second kappa shape index (κ2) is 5.88. The van der Waals surface area contributed by atoms with Gasteiger partial charge in [-0.3, -0.25) is 4.79 Å². The molecule has 3 N–H and O–H groups in total. The van der Waals surface area contributed by atoms with Crippen LogP contribution in [0.3, 0.4) is 0 Å². The van der Waals surface area contributed by atoms with Crippen LogP contribution in [-0.4, -0.2) is 42.5 Å². The molecule has 2 rings (SSSR count). The van der Waals surface area contributed by atoms with Gasteiger partial charge in [0.1, 0.15) is 5.82 Å². The number of carbonyl (C=O) groups excluding carboxylic acids is 1. The third-order valence-corrected chi connectivity index (χ3v) is 3.42. The lowest BCUT2D eigenvalue weighted by Crippen LogP contribution is -2.38. The van der Waals surface area contributed by atoms with E-state index >= 15 is 0 Å². The smallest absolute Gasteiger partial charge is 0.252 e. The Morgan fingerprint density at radius 2 is 2.10 bits per heavy atom. The largest absolute Gasteiger partial charge is 0.384 e. The Balaban J connectivity index is 2.26. The number of nitrogen functional groups attached to an aromatic ring is 1. The maximum Gasteiger partial charge on any atom is 0.252 e. The van der Waals surface area contributed by atoms with Crippen LogP contribution in [0.1, 0.15) is 17.3 Å². The van der Waals surface area contributed by atoms with Gasteiger partial charge in [0.15, 0.2) is 0 Å². The van der Waals surface area contributed by atoms with Crippen molar-refractivity contribution in [3.8, 4) is 0 Å². The van der Waals surface area contributed by atoms with E-state index in [1.54, 1.807) is 6.07 Å². The zero-order chi connectivity index (χ0) is 14.7. The molecular formula is C15H20N4O. The maximum absolute atomic E-state index is 12.3. The Hall–Kier alpha value is -2.14. The van der Waals surface area contributed by atoms with Crippen molar-refractivity contribution in [3.05, 3.63) is 35.9 Å². The quantitative estimate of drug-likeness (QED) is 0.884. The molecule has 1 aromatic heterocycles. The first kappa shape index (κ1) is 14.3. The number of hydrogen-bond acceptors (Lipinski definition) is 4. The molecule has 0 fully saturated rings. The highest BCUT2D eigenvalue weighted by atomic mass is 16.1. The molecule has 0 aliphatic rings. The number of hydrogen-bond donors (Lipinski definition) is 2. The molecule has 1 heterocycles. The zero-order valence-corrected chi connectivity index (χ0v) is 12.1. The Morgan fingerprint density at radius 3 is 2.80 bits per heavy atom. The van der Waals surface area contributed by atoms with Crippen LogP contribution in [0.15, 0.2) is 30.3 Å². The topological polar surface area (TPSA) is 71.2 Å². The fourth-order valence-corrected chi connectivity index (χ4v) is 1.90. The van der Waals surface area contributed by atoms with Gasteiger partial charge in [-0.1, -0.05) is 18.2 Å². The predicted molar refractivity (Wildman–Crippen MR) is 81.6 cm³/mol. The van der Waals surface area contributed by atoms with E-state index in [2.05, 4.69) is 22.1 Å². The van der Waals surface area contributed by atoms with Gasteiger partial charge in [-0.15, -0.1) is 0 Å². The lowest BCUT2D eigenvalue weighted by molar-refractivity contribution is 0.0945. The SMILES string of the molecule is CC(CNC(=O)c1cc(N)nc2ccccc12)N(C)C. The van der Waals surface area contributed by atoms with Crippen LogP contribution in [0.5, 0.6) is 0 Å². The molecular weight excluding hydrogens is 252 g/mol. The van der Waals surface area contributed by atoms with E-state index in [4.69, 9.17) is 5.73 Å². The van der Waals surface area contributed by atoms with E-state index in [0.717, 1.165) is 10.9 Å². The third kappa shape index (κ3) is 3.05. The summed E-state index contributed by atoms with van der Waals surface area (Å²) in [6.45, 7) is 2.64. The van der Waals surface area contributed by atoms with Crippen molar-refractivity contribution < 1.29 is 4.79 Å². The van der Waals surface area contributed by atoms with Crippen LogP contribution in [0.25, 0.3) is 10.9 Å².